The summed E-state index contributed by atoms with van der Waals surface area (Å²) < 4.78 is 7.13. The van der Waals surface area contributed by atoms with Gasteiger partial charge in [0.2, 0.25) is 11.0 Å². The zero-order valence-electron chi connectivity index (χ0n) is 12.7. The van der Waals surface area contributed by atoms with E-state index in [4.69, 9.17) is 4.74 Å². The van der Waals surface area contributed by atoms with Gasteiger partial charge in [-0.05, 0) is 40.8 Å². The lowest BCUT2D eigenvalue weighted by Gasteiger charge is -2.17. The van der Waals surface area contributed by atoms with Gasteiger partial charge in [-0.3, -0.25) is 0 Å². The largest absolute Gasteiger partial charge is 0.448 e. The lowest BCUT2D eigenvalue weighted by atomic mass is 10.1. The van der Waals surface area contributed by atoms with Gasteiger partial charge in [-0.1, -0.05) is 34.6 Å². The van der Waals surface area contributed by atoms with Gasteiger partial charge in [0.15, 0.2) is 11.9 Å². The molecule has 1 atom stereocenters. The van der Waals surface area contributed by atoms with Crippen molar-refractivity contribution < 1.29 is 4.74 Å². The first-order chi connectivity index (χ1) is 11.7. The highest BCUT2D eigenvalue weighted by molar-refractivity contribution is 9.10. The molecule has 122 valence electrons. The zero-order valence-corrected chi connectivity index (χ0v) is 15.9. The molecule has 3 heterocycles. The summed E-state index contributed by atoms with van der Waals surface area (Å²) in [5.41, 5.74) is 3.58. The topological polar surface area (TPSA) is 59.9 Å². The van der Waals surface area contributed by atoms with Crippen LogP contribution in [-0.2, 0) is 0 Å². The Hall–Kier alpha value is -1.64. The highest BCUT2D eigenvalue weighted by Crippen LogP contribution is 2.40. The molecule has 4 rings (SSSR count). The first-order valence-electron chi connectivity index (χ1n) is 7.37. The van der Waals surface area contributed by atoms with Crippen molar-refractivity contribution in [3.05, 3.63) is 45.1 Å². The third kappa shape index (κ3) is 3.01. The Labute approximate surface area is 156 Å². The normalized spacial score (nSPS) is 15.7. The fourth-order valence-corrected chi connectivity index (χ4v) is 3.97. The number of rotatable bonds is 3. The Balaban J connectivity index is 1.86. The first-order valence-corrected chi connectivity index (χ1v) is 10.1. The fraction of sp³-hybridized carbons (Fsp3) is 0.188. The number of ether oxygens (including phenoxy) is 1. The van der Waals surface area contributed by atoms with E-state index >= 15 is 0 Å². The number of thiophene rings is 1. The summed E-state index contributed by atoms with van der Waals surface area (Å²) in [4.78, 5) is 4.57. The lowest BCUT2D eigenvalue weighted by molar-refractivity contribution is 0.225. The monoisotopic (exact) mass is 420 g/mol. The third-order valence-electron chi connectivity index (χ3n) is 3.51. The van der Waals surface area contributed by atoms with Crippen molar-refractivity contribution in [3.63, 3.8) is 0 Å². The van der Waals surface area contributed by atoms with Gasteiger partial charge < -0.3 is 10.1 Å². The number of aromatic nitrogens is 3. The highest BCUT2D eigenvalue weighted by atomic mass is 79.9. The molecule has 0 saturated heterocycles. The first kappa shape index (κ1) is 15.9. The standard InChI is InChI=1S/C16H13BrN4OS2/c1-2-24-16-19-15-13(20-21-16)11-7-10(17)3-4-12(11)18-14(22-15)9-5-6-23-8-9/h3-8,14,18H,2H2,1H3/t14-/m1/s1. The predicted octanol–water partition coefficient (Wildman–Crippen LogP) is 4.98. The van der Waals surface area contributed by atoms with E-state index in [0.29, 0.717) is 16.7 Å². The molecule has 2 aromatic heterocycles. The van der Waals surface area contributed by atoms with Gasteiger partial charge in [-0.15, -0.1) is 10.2 Å². The number of anilines is 1. The van der Waals surface area contributed by atoms with E-state index in [0.717, 1.165) is 27.0 Å². The number of hydrogen-bond acceptors (Lipinski definition) is 7. The second kappa shape index (κ2) is 6.70. The maximum Gasteiger partial charge on any atom is 0.247 e. The van der Waals surface area contributed by atoms with Gasteiger partial charge in [0, 0.05) is 21.3 Å². The lowest BCUT2D eigenvalue weighted by Crippen LogP contribution is -2.16. The highest BCUT2D eigenvalue weighted by Gasteiger charge is 2.26. The summed E-state index contributed by atoms with van der Waals surface area (Å²) in [6, 6.07) is 8.04. The summed E-state index contributed by atoms with van der Waals surface area (Å²) in [5.74, 6) is 1.39. The van der Waals surface area contributed by atoms with Crippen LogP contribution in [0.25, 0.3) is 11.3 Å². The molecule has 1 aliphatic rings. The molecular weight excluding hydrogens is 408 g/mol. The SMILES string of the molecule is CCSc1nnc2c(n1)O[C@H](c1ccsc1)Nc1ccc(Br)cc1-2. The Bertz CT molecular complexity index is 873. The van der Waals surface area contributed by atoms with Crippen LogP contribution < -0.4 is 10.1 Å². The molecule has 0 amide bonds. The quantitative estimate of drug-likeness (QED) is 0.602. The van der Waals surface area contributed by atoms with Gasteiger partial charge in [0.25, 0.3) is 0 Å². The molecule has 0 saturated carbocycles. The van der Waals surface area contributed by atoms with Gasteiger partial charge in [0.1, 0.15) is 0 Å². The Morgan fingerprint density at radius 2 is 2.25 bits per heavy atom. The smallest absolute Gasteiger partial charge is 0.247 e. The minimum atomic E-state index is -0.311. The summed E-state index contributed by atoms with van der Waals surface area (Å²) in [5, 5.41) is 16.8. The van der Waals surface area contributed by atoms with Gasteiger partial charge in [0.05, 0.1) is 0 Å². The molecule has 5 nitrogen and oxygen atoms in total. The molecule has 0 aliphatic carbocycles. The molecular formula is C16H13BrN4OS2. The number of fused-ring (bicyclic) bond motifs is 3. The fourth-order valence-electron chi connectivity index (χ4n) is 2.44. The van der Waals surface area contributed by atoms with Crippen molar-refractivity contribution in [3.8, 4) is 17.1 Å². The van der Waals surface area contributed by atoms with Crippen LogP contribution in [0.2, 0.25) is 0 Å². The minimum Gasteiger partial charge on any atom is -0.448 e. The maximum atomic E-state index is 6.16. The van der Waals surface area contributed by atoms with E-state index < -0.39 is 0 Å². The van der Waals surface area contributed by atoms with E-state index in [2.05, 4.69) is 48.7 Å². The molecule has 8 heteroatoms. The van der Waals surface area contributed by atoms with Crippen molar-refractivity contribution in [2.75, 3.05) is 11.1 Å². The van der Waals surface area contributed by atoms with Crippen LogP contribution >= 0.6 is 39.0 Å². The van der Waals surface area contributed by atoms with Gasteiger partial charge >= 0.3 is 0 Å². The molecule has 0 unspecified atom stereocenters. The third-order valence-corrected chi connectivity index (χ3v) is 5.42. The molecule has 0 bridgehead atoms. The molecule has 0 spiro atoms. The zero-order chi connectivity index (χ0) is 16.5. The van der Waals surface area contributed by atoms with Crippen molar-refractivity contribution in [1.82, 2.24) is 15.2 Å². The van der Waals surface area contributed by atoms with Crippen LogP contribution in [0.3, 0.4) is 0 Å². The number of nitrogens with one attached hydrogen (secondary N) is 1. The Morgan fingerprint density at radius 3 is 3.04 bits per heavy atom. The minimum absolute atomic E-state index is 0.311. The van der Waals surface area contributed by atoms with Crippen LogP contribution in [0.15, 0.2) is 44.7 Å². The Kier molecular flexibility index (Phi) is 4.43. The summed E-state index contributed by atoms with van der Waals surface area (Å²) >= 11 is 6.70. The molecule has 3 aromatic rings. The number of thioether (sulfide) groups is 1. The summed E-state index contributed by atoms with van der Waals surface area (Å²) in [7, 11) is 0. The predicted molar refractivity (Wildman–Crippen MR) is 101 cm³/mol. The van der Waals surface area contributed by atoms with Gasteiger partial charge in [-0.25, -0.2) is 0 Å². The summed E-state index contributed by atoms with van der Waals surface area (Å²) in [6.45, 7) is 2.06. The number of nitrogens with zero attached hydrogens (tertiary/aromatic N) is 3. The number of benzene rings is 1. The van der Waals surface area contributed by atoms with Crippen molar-refractivity contribution in [1.29, 1.82) is 0 Å². The van der Waals surface area contributed by atoms with Crippen molar-refractivity contribution >= 4 is 44.7 Å². The second-order valence-corrected chi connectivity index (χ2v) is 8.00. The maximum absolute atomic E-state index is 6.16. The second-order valence-electron chi connectivity index (χ2n) is 5.07. The van der Waals surface area contributed by atoms with Crippen LogP contribution in [-0.4, -0.2) is 20.9 Å². The van der Waals surface area contributed by atoms with E-state index in [1.54, 1.807) is 23.1 Å². The molecule has 0 radical (unpaired) electrons. The van der Waals surface area contributed by atoms with E-state index in [9.17, 15) is 0 Å². The average molecular weight is 421 g/mol. The van der Waals surface area contributed by atoms with E-state index in [-0.39, 0.29) is 6.23 Å². The number of halogens is 1. The molecule has 1 N–H and O–H groups in total. The van der Waals surface area contributed by atoms with E-state index in [1.165, 1.54) is 0 Å². The van der Waals surface area contributed by atoms with Crippen LogP contribution in [0, 0.1) is 0 Å². The van der Waals surface area contributed by atoms with Gasteiger partial charge in [-0.2, -0.15) is 16.3 Å². The van der Waals surface area contributed by atoms with Crippen molar-refractivity contribution in [2.24, 2.45) is 0 Å². The summed E-state index contributed by atoms with van der Waals surface area (Å²) in [6.07, 6.45) is -0.311. The molecule has 1 aromatic carbocycles. The molecule has 24 heavy (non-hydrogen) atoms. The van der Waals surface area contributed by atoms with E-state index in [1.807, 2.05) is 29.6 Å². The van der Waals surface area contributed by atoms with Crippen LogP contribution in [0.4, 0.5) is 5.69 Å². The Morgan fingerprint density at radius 1 is 1.33 bits per heavy atom. The van der Waals surface area contributed by atoms with Crippen LogP contribution in [0.1, 0.15) is 18.7 Å². The van der Waals surface area contributed by atoms with Crippen molar-refractivity contribution in [2.45, 2.75) is 18.3 Å². The molecule has 0 fully saturated rings. The average Bonchev–Trinajstić information content (AvgIpc) is 3.06. The number of hydrogen-bond donors (Lipinski definition) is 1. The van der Waals surface area contributed by atoms with Crippen LogP contribution in [0.5, 0.6) is 5.88 Å². The molecule has 1 aliphatic heterocycles.